The van der Waals surface area contributed by atoms with Gasteiger partial charge >= 0.3 is 0 Å². The number of carbonyl (C=O) groups excluding carboxylic acids is 2. The molecule has 108 valence electrons. The highest BCUT2D eigenvalue weighted by Gasteiger charge is 2.22. The number of ketones is 2. The molecule has 0 unspecified atom stereocenters. The Morgan fingerprint density at radius 2 is 1.62 bits per heavy atom. The first kappa shape index (κ1) is 14.8. The average molecular weight is 283 g/mol. The fraction of sp³-hybridized carbons (Fsp3) is 0.176. The van der Waals surface area contributed by atoms with Crippen LogP contribution in [0.3, 0.4) is 0 Å². The van der Waals surface area contributed by atoms with E-state index in [2.05, 4.69) is 0 Å². The molecule has 0 aliphatic carbocycles. The van der Waals surface area contributed by atoms with Crippen molar-refractivity contribution in [1.29, 1.82) is 0 Å². The van der Waals surface area contributed by atoms with Gasteiger partial charge in [-0.2, -0.15) is 0 Å². The molecule has 2 aromatic carbocycles. The lowest BCUT2D eigenvalue weighted by molar-refractivity contribution is 0.0817. The molecule has 0 saturated heterocycles. The number of anilines is 1. The van der Waals surface area contributed by atoms with Gasteiger partial charge in [-0.05, 0) is 12.1 Å². The van der Waals surface area contributed by atoms with Gasteiger partial charge < -0.3 is 9.64 Å². The van der Waals surface area contributed by atoms with Crippen molar-refractivity contribution in [3.8, 4) is 5.75 Å². The maximum atomic E-state index is 12.5. The number of methoxy groups -OCH3 is 1. The number of carbonyl (C=O) groups is 2. The van der Waals surface area contributed by atoms with Crippen LogP contribution >= 0.6 is 0 Å². The summed E-state index contributed by atoms with van der Waals surface area (Å²) in [6.07, 6.45) is 0. The van der Waals surface area contributed by atoms with Gasteiger partial charge in [-0.15, -0.1) is 0 Å². The minimum absolute atomic E-state index is 0.370. The molecule has 4 heteroatoms. The predicted molar refractivity (Wildman–Crippen MR) is 82.4 cm³/mol. The van der Waals surface area contributed by atoms with Gasteiger partial charge in [0.15, 0.2) is 0 Å². The van der Waals surface area contributed by atoms with Crippen molar-refractivity contribution in [2.24, 2.45) is 0 Å². The van der Waals surface area contributed by atoms with Crippen LogP contribution in [-0.4, -0.2) is 32.8 Å². The molecule has 4 nitrogen and oxygen atoms in total. The second-order valence-electron chi connectivity index (χ2n) is 4.80. The van der Waals surface area contributed by atoms with Gasteiger partial charge in [0.1, 0.15) is 5.75 Å². The molecule has 0 N–H and O–H groups in total. The molecule has 0 saturated carbocycles. The maximum Gasteiger partial charge on any atom is 0.235 e. The topological polar surface area (TPSA) is 46.6 Å². The standard InChI is InChI=1S/C17H17NO3/c1-18(2)15-11-13(21-3)9-10-14(15)17(20)16(19)12-7-5-4-6-8-12/h4-11H,1-3H3. The Morgan fingerprint density at radius 1 is 0.952 bits per heavy atom. The Bertz CT molecular complexity index is 663. The van der Waals surface area contributed by atoms with E-state index in [9.17, 15) is 9.59 Å². The summed E-state index contributed by atoms with van der Waals surface area (Å²) in [5, 5.41) is 0. The molecule has 0 fully saturated rings. The number of nitrogens with zero attached hydrogens (tertiary/aromatic N) is 1. The van der Waals surface area contributed by atoms with Gasteiger partial charge in [-0.3, -0.25) is 9.59 Å². The Hall–Kier alpha value is -2.62. The second-order valence-corrected chi connectivity index (χ2v) is 4.80. The monoisotopic (exact) mass is 283 g/mol. The van der Waals surface area contributed by atoms with Crippen LogP contribution in [0.1, 0.15) is 20.7 Å². The lowest BCUT2D eigenvalue weighted by Crippen LogP contribution is -2.19. The Labute approximate surface area is 124 Å². The SMILES string of the molecule is COc1ccc(C(=O)C(=O)c2ccccc2)c(N(C)C)c1. The summed E-state index contributed by atoms with van der Waals surface area (Å²) < 4.78 is 5.16. The van der Waals surface area contributed by atoms with E-state index in [4.69, 9.17) is 4.74 Å². The smallest absolute Gasteiger partial charge is 0.235 e. The highest BCUT2D eigenvalue weighted by molar-refractivity contribution is 6.50. The largest absolute Gasteiger partial charge is 0.497 e. The molecule has 0 bridgehead atoms. The van der Waals surface area contributed by atoms with Crippen molar-refractivity contribution in [3.63, 3.8) is 0 Å². The summed E-state index contributed by atoms with van der Waals surface area (Å²) in [5.74, 6) is -0.390. The third kappa shape index (κ3) is 3.11. The second kappa shape index (κ2) is 6.22. The Balaban J connectivity index is 2.41. The minimum Gasteiger partial charge on any atom is -0.497 e. The molecule has 0 atom stereocenters. The summed E-state index contributed by atoms with van der Waals surface area (Å²) in [5.41, 5.74) is 1.42. The van der Waals surface area contributed by atoms with E-state index in [1.807, 2.05) is 14.1 Å². The van der Waals surface area contributed by atoms with Crippen LogP contribution in [-0.2, 0) is 0 Å². The first-order valence-corrected chi connectivity index (χ1v) is 6.54. The van der Waals surface area contributed by atoms with E-state index in [0.29, 0.717) is 22.6 Å². The first-order chi connectivity index (χ1) is 10.0. The molecule has 0 aliphatic rings. The molecule has 2 aromatic rings. The lowest BCUT2D eigenvalue weighted by atomic mass is 9.99. The predicted octanol–water partition coefficient (Wildman–Crippen LogP) is 2.83. The van der Waals surface area contributed by atoms with Crippen LogP contribution in [0.15, 0.2) is 48.5 Å². The van der Waals surface area contributed by atoms with Crippen molar-refractivity contribution >= 4 is 17.3 Å². The highest BCUT2D eigenvalue weighted by atomic mass is 16.5. The third-order valence-electron chi connectivity index (χ3n) is 3.17. The Morgan fingerprint density at radius 3 is 2.19 bits per heavy atom. The van der Waals surface area contributed by atoms with Crippen LogP contribution in [0.5, 0.6) is 5.75 Å². The number of rotatable bonds is 5. The van der Waals surface area contributed by atoms with Crippen molar-refractivity contribution in [3.05, 3.63) is 59.7 Å². The van der Waals surface area contributed by atoms with Crippen LogP contribution < -0.4 is 9.64 Å². The van der Waals surface area contributed by atoms with Crippen LogP contribution in [0.25, 0.3) is 0 Å². The zero-order valence-electron chi connectivity index (χ0n) is 12.3. The first-order valence-electron chi connectivity index (χ1n) is 6.54. The molecule has 2 rings (SSSR count). The van der Waals surface area contributed by atoms with Gasteiger partial charge in [0.2, 0.25) is 11.6 Å². The van der Waals surface area contributed by atoms with Crippen molar-refractivity contribution in [2.75, 3.05) is 26.1 Å². The fourth-order valence-corrected chi connectivity index (χ4v) is 2.04. The number of hydrogen-bond donors (Lipinski definition) is 0. The van der Waals surface area contributed by atoms with Crippen molar-refractivity contribution < 1.29 is 14.3 Å². The van der Waals surface area contributed by atoms with Crippen LogP contribution in [0, 0.1) is 0 Å². The minimum atomic E-state index is -0.521. The van der Waals surface area contributed by atoms with Crippen molar-refractivity contribution in [1.82, 2.24) is 0 Å². The van der Waals surface area contributed by atoms with Gasteiger partial charge in [0.25, 0.3) is 0 Å². The van der Waals surface area contributed by atoms with Crippen LogP contribution in [0.4, 0.5) is 5.69 Å². The number of hydrogen-bond acceptors (Lipinski definition) is 4. The summed E-state index contributed by atoms with van der Waals surface area (Å²) in [7, 11) is 5.20. The van der Waals surface area contributed by atoms with E-state index in [0.717, 1.165) is 0 Å². The zero-order chi connectivity index (χ0) is 15.4. The van der Waals surface area contributed by atoms with E-state index in [1.165, 1.54) is 0 Å². The summed E-state index contributed by atoms with van der Waals surface area (Å²) in [6.45, 7) is 0. The molecular weight excluding hydrogens is 266 g/mol. The normalized spacial score (nSPS) is 10.0. The zero-order valence-corrected chi connectivity index (χ0v) is 12.3. The molecule has 0 heterocycles. The van der Waals surface area contributed by atoms with Gasteiger partial charge in [0, 0.05) is 31.3 Å². The van der Waals surface area contributed by atoms with Gasteiger partial charge in [0.05, 0.1) is 12.8 Å². The van der Waals surface area contributed by atoms with E-state index in [1.54, 1.807) is 60.5 Å². The fourth-order valence-electron chi connectivity index (χ4n) is 2.04. The van der Waals surface area contributed by atoms with E-state index in [-0.39, 0.29) is 0 Å². The lowest BCUT2D eigenvalue weighted by Gasteiger charge is -2.17. The van der Waals surface area contributed by atoms with E-state index >= 15 is 0 Å². The highest BCUT2D eigenvalue weighted by Crippen LogP contribution is 2.26. The molecule has 21 heavy (non-hydrogen) atoms. The quantitative estimate of drug-likeness (QED) is 0.625. The van der Waals surface area contributed by atoms with Gasteiger partial charge in [-0.25, -0.2) is 0 Å². The summed E-state index contributed by atoms with van der Waals surface area (Å²) >= 11 is 0. The molecular formula is C17H17NO3. The third-order valence-corrected chi connectivity index (χ3v) is 3.17. The number of Topliss-reactive ketones (excluding diaryl/α,β-unsaturated/α-hetero) is 2. The van der Waals surface area contributed by atoms with Crippen molar-refractivity contribution in [2.45, 2.75) is 0 Å². The number of benzene rings is 2. The van der Waals surface area contributed by atoms with Crippen LogP contribution in [0.2, 0.25) is 0 Å². The Kier molecular flexibility index (Phi) is 4.38. The molecule has 0 aliphatic heterocycles. The molecule has 0 spiro atoms. The molecule has 0 aromatic heterocycles. The molecule has 0 amide bonds. The average Bonchev–Trinajstić information content (AvgIpc) is 2.53. The molecule has 0 radical (unpaired) electrons. The van der Waals surface area contributed by atoms with Gasteiger partial charge in [-0.1, -0.05) is 30.3 Å². The van der Waals surface area contributed by atoms with E-state index < -0.39 is 11.6 Å². The summed E-state index contributed by atoms with van der Waals surface area (Å²) in [4.78, 5) is 26.5. The number of ether oxygens (including phenoxy) is 1. The summed E-state index contributed by atoms with van der Waals surface area (Å²) in [6, 6.07) is 13.6. The maximum absolute atomic E-state index is 12.5.